The van der Waals surface area contributed by atoms with E-state index in [-0.39, 0.29) is 23.8 Å². The van der Waals surface area contributed by atoms with Gasteiger partial charge in [-0.15, -0.1) is 0 Å². The Balaban J connectivity index is 1.79. The number of likely N-dealkylation sites (N-methyl/N-ethyl adjacent to an activating group) is 1. The predicted octanol–water partition coefficient (Wildman–Crippen LogP) is 2.53. The summed E-state index contributed by atoms with van der Waals surface area (Å²) in [5.41, 5.74) is 1.73. The maximum atomic E-state index is 13.7. The van der Waals surface area contributed by atoms with Crippen LogP contribution in [0.3, 0.4) is 0 Å². The van der Waals surface area contributed by atoms with Crippen LogP contribution >= 0.6 is 0 Å². The molecular formula is C25H33N5O4. The van der Waals surface area contributed by atoms with Gasteiger partial charge in [-0.05, 0) is 38.4 Å². The summed E-state index contributed by atoms with van der Waals surface area (Å²) in [6.07, 6.45) is 0.389. The molecule has 9 heteroatoms. The van der Waals surface area contributed by atoms with Crippen LogP contribution in [0.5, 0.6) is 0 Å². The van der Waals surface area contributed by atoms with Crippen LogP contribution in [0.25, 0.3) is 0 Å². The molecule has 4 atom stereocenters. The third kappa shape index (κ3) is 5.72. The second-order valence-electron chi connectivity index (χ2n) is 8.78. The number of benzene rings is 1. The highest BCUT2D eigenvalue weighted by molar-refractivity contribution is 6.01. The number of pyridine rings is 1. The lowest BCUT2D eigenvalue weighted by Crippen LogP contribution is -2.56. The van der Waals surface area contributed by atoms with Gasteiger partial charge in [-0.1, -0.05) is 50.2 Å². The molecule has 1 aliphatic heterocycles. The quantitative estimate of drug-likeness (QED) is 0.550. The molecule has 3 rings (SSSR count). The van der Waals surface area contributed by atoms with Gasteiger partial charge < -0.3 is 20.7 Å². The summed E-state index contributed by atoms with van der Waals surface area (Å²) in [6.45, 7) is 7.28. The van der Waals surface area contributed by atoms with E-state index in [2.05, 4.69) is 20.9 Å². The number of carbonyl (C=O) groups is 3. The largest absolute Gasteiger partial charge is 0.425 e. The van der Waals surface area contributed by atoms with Crippen molar-refractivity contribution in [3.05, 3.63) is 59.8 Å². The normalized spacial score (nSPS) is 17.5. The number of aromatic nitrogens is 1. The minimum Gasteiger partial charge on any atom is -0.425 e. The van der Waals surface area contributed by atoms with Crippen LogP contribution < -0.4 is 20.9 Å². The van der Waals surface area contributed by atoms with Gasteiger partial charge in [0, 0.05) is 18.2 Å². The first kappa shape index (κ1) is 25.2. The lowest BCUT2D eigenvalue weighted by Gasteiger charge is -2.31. The molecule has 34 heavy (non-hydrogen) atoms. The van der Waals surface area contributed by atoms with Crippen molar-refractivity contribution in [1.29, 1.82) is 0 Å². The van der Waals surface area contributed by atoms with E-state index in [9.17, 15) is 14.4 Å². The molecule has 0 fully saturated rings. The predicted molar refractivity (Wildman–Crippen MR) is 129 cm³/mol. The highest BCUT2D eigenvalue weighted by Gasteiger charge is 2.42. The van der Waals surface area contributed by atoms with E-state index in [0.717, 1.165) is 11.1 Å². The van der Waals surface area contributed by atoms with E-state index in [0.29, 0.717) is 12.2 Å². The summed E-state index contributed by atoms with van der Waals surface area (Å²) in [5.74, 6) is -0.427. The summed E-state index contributed by atoms with van der Waals surface area (Å²) in [6, 6.07) is 11.6. The van der Waals surface area contributed by atoms with E-state index in [1.54, 1.807) is 26.2 Å². The third-order valence-electron chi connectivity index (χ3n) is 5.95. The van der Waals surface area contributed by atoms with Gasteiger partial charge in [0.25, 0.3) is 5.91 Å². The van der Waals surface area contributed by atoms with Crippen LogP contribution in [0.15, 0.2) is 48.7 Å². The number of nitrogens with one attached hydrogen (secondary N) is 3. The van der Waals surface area contributed by atoms with Crippen LogP contribution in [0.2, 0.25) is 0 Å². The fraction of sp³-hybridized carbons (Fsp3) is 0.440. The molecule has 0 radical (unpaired) electrons. The Morgan fingerprint density at radius 3 is 2.38 bits per heavy atom. The van der Waals surface area contributed by atoms with Crippen molar-refractivity contribution in [1.82, 2.24) is 20.9 Å². The maximum Gasteiger partial charge on any atom is 0.409 e. The van der Waals surface area contributed by atoms with E-state index in [1.165, 1.54) is 4.90 Å². The average Bonchev–Trinajstić information content (AvgIpc) is 3.19. The van der Waals surface area contributed by atoms with Crippen molar-refractivity contribution in [2.45, 2.75) is 58.5 Å². The van der Waals surface area contributed by atoms with Gasteiger partial charge in [-0.25, -0.2) is 9.78 Å². The molecule has 2 heterocycles. The molecule has 1 aliphatic rings. The highest BCUT2D eigenvalue weighted by atomic mass is 16.6. The van der Waals surface area contributed by atoms with E-state index >= 15 is 0 Å². The summed E-state index contributed by atoms with van der Waals surface area (Å²) < 4.78 is 5.71. The number of nitrogens with zero attached hydrogens (tertiary/aromatic N) is 2. The third-order valence-corrected chi connectivity index (χ3v) is 5.95. The van der Waals surface area contributed by atoms with Gasteiger partial charge in [-0.3, -0.25) is 14.5 Å². The lowest BCUT2D eigenvalue weighted by molar-refractivity contribution is -0.130. The summed E-state index contributed by atoms with van der Waals surface area (Å²) in [4.78, 5) is 44.7. The minimum atomic E-state index is -0.875. The second kappa shape index (κ2) is 11.1. The van der Waals surface area contributed by atoms with E-state index < -0.39 is 24.4 Å². The number of hydrogen-bond donors (Lipinski definition) is 3. The number of alkyl carbamates (subject to hydrolysis) is 1. The van der Waals surface area contributed by atoms with E-state index in [1.807, 2.05) is 57.2 Å². The number of fused-ring (bicyclic) bond motifs is 1. The standard InChI is InChI=1S/C25H33N5O4/c1-15(2)21(29-23(31)17(4)26-5)24(32)30-20(14-19-12-9-13-27-22(19)30)34-25(33)28-16(3)18-10-7-6-8-11-18/h6-13,15-17,20-21,26H,14H2,1-5H3,(H,28,33)(H,29,31)/t16?,17-,20-,21-/m0/s1. The molecular weight excluding hydrogens is 434 g/mol. The van der Waals surface area contributed by atoms with Crippen LogP contribution in [-0.2, 0) is 20.7 Å². The second-order valence-corrected chi connectivity index (χ2v) is 8.78. The van der Waals surface area contributed by atoms with Crippen molar-refractivity contribution < 1.29 is 19.1 Å². The molecule has 9 nitrogen and oxygen atoms in total. The zero-order valence-electron chi connectivity index (χ0n) is 20.2. The molecule has 0 saturated heterocycles. The lowest BCUT2D eigenvalue weighted by atomic mass is 10.0. The molecule has 1 aromatic heterocycles. The summed E-state index contributed by atoms with van der Waals surface area (Å²) in [5, 5.41) is 8.52. The summed E-state index contributed by atoms with van der Waals surface area (Å²) in [7, 11) is 1.68. The van der Waals surface area contributed by atoms with Crippen molar-refractivity contribution in [2.75, 3.05) is 11.9 Å². The number of amides is 3. The first-order valence-corrected chi connectivity index (χ1v) is 11.5. The number of anilines is 1. The number of ether oxygens (including phenoxy) is 1. The molecule has 0 spiro atoms. The first-order valence-electron chi connectivity index (χ1n) is 11.5. The Morgan fingerprint density at radius 1 is 1.03 bits per heavy atom. The number of rotatable bonds is 8. The Hall–Kier alpha value is -3.46. The number of carbonyl (C=O) groups excluding carboxylic acids is 3. The Bertz CT molecular complexity index is 1010. The van der Waals surface area contributed by atoms with Crippen molar-refractivity contribution in [3.63, 3.8) is 0 Å². The van der Waals surface area contributed by atoms with Gasteiger partial charge in [-0.2, -0.15) is 0 Å². The van der Waals surface area contributed by atoms with Crippen LogP contribution in [0.4, 0.5) is 10.6 Å². The van der Waals surface area contributed by atoms with Crippen molar-refractivity contribution >= 4 is 23.7 Å². The maximum absolute atomic E-state index is 13.7. The average molecular weight is 468 g/mol. The monoisotopic (exact) mass is 467 g/mol. The SMILES string of the molecule is CN[C@@H](C)C(=O)N[C@H](C(=O)N1c2ncccc2C[C@@H]1OC(=O)NC(C)c1ccccc1)C(C)C. The molecule has 2 aromatic rings. The minimum absolute atomic E-state index is 0.194. The smallest absolute Gasteiger partial charge is 0.409 e. The van der Waals surface area contributed by atoms with Crippen LogP contribution in [0.1, 0.15) is 44.9 Å². The van der Waals surface area contributed by atoms with E-state index in [4.69, 9.17) is 4.74 Å². The van der Waals surface area contributed by atoms with Gasteiger partial charge in [0.05, 0.1) is 12.1 Å². The van der Waals surface area contributed by atoms with Crippen molar-refractivity contribution in [3.8, 4) is 0 Å². The van der Waals surface area contributed by atoms with Gasteiger partial charge in [0.2, 0.25) is 5.91 Å². The molecule has 3 amide bonds. The zero-order chi connectivity index (χ0) is 24.8. The molecule has 0 bridgehead atoms. The Morgan fingerprint density at radius 2 is 1.74 bits per heavy atom. The Labute approximate surface area is 200 Å². The van der Waals surface area contributed by atoms with Crippen molar-refractivity contribution in [2.24, 2.45) is 5.92 Å². The van der Waals surface area contributed by atoms with Gasteiger partial charge in [0.15, 0.2) is 6.23 Å². The zero-order valence-corrected chi connectivity index (χ0v) is 20.2. The molecule has 1 unspecified atom stereocenters. The first-order chi connectivity index (χ1) is 16.2. The topological polar surface area (TPSA) is 113 Å². The van der Waals surface area contributed by atoms with Crippen LogP contribution in [0, 0.1) is 5.92 Å². The van der Waals surface area contributed by atoms with Crippen LogP contribution in [-0.4, -0.2) is 48.3 Å². The fourth-order valence-corrected chi connectivity index (χ4v) is 3.80. The fourth-order valence-electron chi connectivity index (χ4n) is 3.80. The van der Waals surface area contributed by atoms with Gasteiger partial charge >= 0.3 is 6.09 Å². The number of hydrogen-bond acceptors (Lipinski definition) is 6. The Kier molecular flexibility index (Phi) is 8.22. The molecule has 0 aliphatic carbocycles. The molecule has 1 aromatic carbocycles. The molecule has 3 N–H and O–H groups in total. The summed E-state index contributed by atoms with van der Waals surface area (Å²) >= 11 is 0. The molecule has 182 valence electrons. The molecule has 0 saturated carbocycles. The van der Waals surface area contributed by atoms with Gasteiger partial charge in [0.1, 0.15) is 11.9 Å². The highest BCUT2D eigenvalue weighted by Crippen LogP contribution is 2.32.